The van der Waals surface area contributed by atoms with Crippen molar-refractivity contribution in [2.75, 3.05) is 5.32 Å². The van der Waals surface area contributed by atoms with E-state index in [0.717, 1.165) is 15.6 Å². The van der Waals surface area contributed by atoms with Crippen molar-refractivity contribution in [3.05, 3.63) is 51.2 Å². The van der Waals surface area contributed by atoms with Crippen molar-refractivity contribution in [2.45, 2.75) is 32.9 Å². The van der Waals surface area contributed by atoms with E-state index in [1.165, 1.54) is 11.3 Å². The van der Waals surface area contributed by atoms with Crippen LogP contribution in [0.25, 0.3) is 0 Å². The lowest BCUT2D eigenvalue weighted by molar-refractivity contribution is 0.0943. The lowest BCUT2D eigenvalue weighted by Crippen LogP contribution is -2.30. The number of thiophene rings is 1. The summed E-state index contributed by atoms with van der Waals surface area (Å²) in [4.78, 5) is 12.0. The summed E-state index contributed by atoms with van der Waals surface area (Å²) in [6.45, 7) is 5.96. The molecule has 0 saturated heterocycles. The molecular weight excluding hydrogens is 304 g/mol. The molecule has 112 valence electrons. The van der Waals surface area contributed by atoms with Gasteiger partial charge in [0, 0.05) is 23.3 Å². The van der Waals surface area contributed by atoms with Crippen LogP contribution >= 0.6 is 22.9 Å². The number of hydrogen-bond acceptors (Lipinski definition) is 3. The van der Waals surface area contributed by atoms with E-state index in [9.17, 15) is 4.79 Å². The zero-order valence-corrected chi connectivity index (χ0v) is 13.9. The summed E-state index contributed by atoms with van der Waals surface area (Å²) in [7, 11) is 0. The van der Waals surface area contributed by atoms with Gasteiger partial charge < -0.3 is 10.6 Å². The lowest BCUT2D eigenvalue weighted by Gasteiger charge is -2.15. The number of hydrogen-bond donors (Lipinski definition) is 2. The Morgan fingerprint density at radius 1 is 1.24 bits per heavy atom. The first-order chi connectivity index (χ1) is 9.95. The molecule has 0 bridgehead atoms. The summed E-state index contributed by atoms with van der Waals surface area (Å²) in [6, 6.07) is 9.73. The van der Waals surface area contributed by atoms with Crippen LogP contribution < -0.4 is 10.6 Å². The van der Waals surface area contributed by atoms with Gasteiger partial charge in [-0.05, 0) is 56.0 Å². The zero-order valence-electron chi connectivity index (χ0n) is 12.3. The van der Waals surface area contributed by atoms with Gasteiger partial charge in [0.25, 0.3) is 5.91 Å². The Morgan fingerprint density at radius 3 is 2.62 bits per heavy atom. The van der Waals surface area contributed by atoms with E-state index in [4.69, 9.17) is 11.6 Å². The number of amides is 1. The van der Waals surface area contributed by atoms with Gasteiger partial charge >= 0.3 is 0 Å². The van der Waals surface area contributed by atoms with Crippen molar-refractivity contribution in [1.29, 1.82) is 0 Å². The van der Waals surface area contributed by atoms with Gasteiger partial charge in [-0.3, -0.25) is 4.79 Å². The Kier molecular flexibility index (Phi) is 5.26. The van der Waals surface area contributed by atoms with Gasteiger partial charge in [-0.1, -0.05) is 17.7 Å². The van der Waals surface area contributed by atoms with Crippen LogP contribution in [0.2, 0.25) is 4.34 Å². The van der Waals surface area contributed by atoms with E-state index in [2.05, 4.69) is 17.6 Å². The molecule has 1 unspecified atom stereocenters. The lowest BCUT2D eigenvalue weighted by atomic mass is 10.1. The van der Waals surface area contributed by atoms with Gasteiger partial charge in [-0.2, -0.15) is 0 Å². The van der Waals surface area contributed by atoms with Crippen LogP contribution in [0.3, 0.4) is 0 Å². The predicted molar refractivity (Wildman–Crippen MR) is 90.4 cm³/mol. The van der Waals surface area contributed by atoms with Gasteiger partial charge in [-0.15, -0.1) is 11.3 Å². The largest absolute Gasteiger partial charge is 0.378 e. The van der Waals surface area contributed by atoms with E-state index in [-0.39, 0.29) is 18.0 Å². The van der Waals surface area contributed by atoms with Crippen LogP contribution in [0.5, 0.6) is 0 Å². The Hall–Kier alpha value is -1.52. The van der Waals surface area contributed by atoms with Crippen LogP contribution in [0.1, 0.15) is 42.7 Å². The minimum atomic E-state index is -0.0557. The van der Waals surface area contributed by atoms with E-state index >= 15 is 0 Å². The van der Waals surface area contributed by atoms with Gasteiger partial charge in [-0.25, -0.2) is 0 Å². The van der Waals surface area contributed by atoms with Crippen LogP contribution in [-0.4, -0.2) is 11.9 Å². The predicted octanol–water partition coefficient (Wildman–Crippen LogP) is 4.71. The number of halogens is 1. The maximum Gasteiger partial charge on any atom is 0.251 e. The van der Waals surface area contributed by atoms with Gasteiger partial charge in [0.05, 0.1) is 4.34 Å². The molecule has 0 aliphatic carbocycles. The highest BCUT2D eigenvalue weighted by molar-refractivity contribution is 7.14. The van der Waals surface area contributed by atoms with E-state index in [1.54, 1.807) is 0 Å². The molecule has 2 aromatic rings. The SMILES string of the molecule is CC(C)NC(=O)c1cccc(NC(C)c2csc(Cl)c2)c1. The molecule has 0 saturated carbocycles. The molecule has 0 radical (unpaired) electrons. The molecule has 1 aromatic heterocycles. The fourth-order valence-corrected chi connectivity index (χ4v) is 2.96. The van der Waals surface area contributed by atoms with E-state index < -0.39 is 0 Å². The molecule has 1 atom stereocenters. The second kappa shape index (κ2) is 6.96. The summed E-state index contributed by atoms with van der Waals surface area (Å²) in [5.41, 5.74) is 2.72. The van der Waals surface area contributed by atoms with Gasteiger partial charge in [0.1, 0.15) is 0 Å². The fraction of sp³-hybridized carbons (Fsp3) is 0.312. The third-order valence-corrected chi connectivity index (χ3v) is 4.12. The van der Waals surface area contributed by atoms with Crippen molar-refractivity contribution >= 4 is 34.5 Å². The van der Waals surface area contributed by atoms with Crippen molar-refractivity contribution in [3.63, 3.8) is 0 Å². The summed E-state index contributed by atoms with van der Waals surface area (Å²) in [5.74, 6) is -0.0557. The Morgan fingerprint density at radius 2 is 2.00 bits per heavy atom. The zero-order chi connectivity index (χ0) is 15.4. The second-order valence-electron chi connectivity index (χ2n) is 5.26. The molecule has 21 heavy (non-hydrogen) atoms. The first-order valence-electron chi connectivity index (χ1n) is 6.87. The molecule has 0 aliphatic heterocycles. The van der Waals surface area contributed by atoms with Crippen LogP contribution in [0.4, 0.5) is 5.69 Å². The minimum absolute atomic E-state index is 0.0557. The van der Waals surface area contributed by atoms with Crippen LogP contribution in [0.15, 0.2) is 35.7 Å². The molecule has 1 amide bonds. The van der Waals surface area contributed by atoms with Gasteiger partial charge in [0.2, 0.25) is 0 Å². The first kappa shape index (κ1) is 15.9. The topological polar surface area (TPSA) is 41.1 Å². The van der Waals surface area contributed by atoms with Crippen molar-refractivity contribution < 1.29 is 4.79 Å². The molecule has 0 aliphatic rings. The second-order valence-corrected chi connectivity index (χ2v) is 6.80. The van der Waals surface area contributed by atoms with Crippen molar-refractivity contribution in [2.24, 2.45) is 0 Å². The third-order valence-electron chi connectivity index (χ3n) is 3.02. The molecule has 3 nitrogen and oxygen atoms in total. The number of carbonyl (C=O) groups excluding carboxylic acids is 1. The standard InChI is InChI=1S/C16H19ClN2OS/c1-10(2)18-16(20)12-5-4-6-14(7-12)19-11(3)13-8-15(17)21-9-13/h4-11,19H,1-3H3,(H,18,20). The number of nitrogens with one attached hydrogen (secondary N) is 2. The molecular formula is C16H19ClN2OS. The number of anilines is 1. The molecule has 0 fully saturated rings. The average molecular weight is 323 g/mol. The molecule has 1 heterocycles. The fourth-order valence-electron chi connectivity index (χ4n) is 1.98. The number of carbonyl (C=O) groups is 1. The maximum atomic E-state index is 12.0. The van der Waals surface area contributed by atoms with Gasteiger partial charge in [0.15, 0.2) is 0 Å². The third kappa shape index (κ3) is 4.48. The van der Waals surface area contributed by atoms with Crippen molar-refractivity contribution in [3.8, 4) is 0 Å². The Bertz CT molecular complexity index is 624. The smallest absolute Gasteiger partial charge is 0.251 e. The summed E-state index contributed by atoms with van der Waals surface area (Å²) in [5, 5.41) is 8.32. The monoisotopic (exact) mass is 322 g/mol. The van der Waals surface area contributed by atoms with E-state index in [0.29, 0.717) is 5.56 Å². The summed E-state index contributed by atoms with van der Waals surface area (Å²) in [6.07, 6.45) is 0. The maximum absolute atomic E-state index is 12.0. The number of benzene rings is 1. The Balaban J connectivity index is 2.09. The quantitative estimate of drug-likeness (QED) is 0.836. The highest BCUT2D eigenvalue weighted by Gasteiger charge is 2.10. The normalized spacial score (nSPS) is 12.2. The minimum Gasteiger partial charge on any atom is -0.378 e. The Labute approximate surface area is 134 Å². The number of rotatable bonds is 5. The summed E-state index contributed by atoms with van der Waals surface area (Å²) < 4.78 is 0.781. The molecule has 5 heteroatoms. The van der Waals surface area contributed by atoms with Crippen LogP contribution in [0, 0.1) is 0 Å². The highest BCUT2D eigenvalue weighted by Crippen LogP contribution is 2.27. The molecule has 0 spiro atoms. The summed E-state index contributed by atoms with van der Waals surface area (Å²) >= 11 is 7.48. The molecule has 2 rings (SSSR count). The first-order valence-corrected chi connectivity index (χ1v) is 8.13. The molecule has 1 aromatic carbocycles. The highest BCUT2D eigenvalue weighted by atomic mass is 35.5. The van der Waals surface area contributed by atoms with Crippen LogP contribution in [-0.2, 0) is 0 Å². The molecule has 2 N–H and O–H groups in total. The average Bonchev–Trinajstić information content (AvgIpc) is 2.85. The van der Waals surface area contributed by atoms with Crippen molar-refractivity contribution in [1.82, 2.24) is 5.32 Å². The van der Waals surface area contributed by atoms with E-state index in [1.807, 2.05) is 49.6 Å².